The largest absolute Gasteiger partial charge is 0.370 e. The highest BCUT2D eigenvalue weighted by Gasteiger charge is 2.25. The molecule has 2 aromatic heterocycles. The van der Waals surface area contributed by atoms with Crippen LogP contribution in [-0.4, -0.2) is 47.4 Å². The SMILES string of the molecule is CN=C(NCc1csc(Br)c1)N1CCOC(c2cnn(C)c2)C1.I. The van der Waals surface area contributed by atoms with Crippen molar-refractivity contribution in [1.82, 2.24) is 20.0 Å². The highest BCUT2D eigenvalue weighted by molar-refractivity contribution is 14.0. The Kier molecular flexibility index (Phi) is 7.51. The van der Waals surface area contributed by atoms with Crippen molar-refractivity contribution >= 4 is 57.2 Å². The van der Waals surface area contributed by atoms with Gasteiger partial charge in [-0.05, 0) is 32.9 Å². The number of aromatic nitrogens is 2. The zero-order valence-corrected chi connectivity index (χ0v) is 18.3. The van der Waals surface area contributed by atoms with E-state index in [0.29, 0.717) is 6.61 Å². The van der Waals surface area contributed by atoms with Crippen LogP contribution in [-0.2, 0) is 18.3 Å². The molecule has 0 aliphatic carbocycles. The van der Waals surface area contributed by atoms with Crippen LogP contribution in [0.3, 0.4) is 0 Å². The zero-order chi connectivity index (χ0) is 16.2. The number of thiophene rings is 1. The van der Waals surface area contributed by atoms with Gasteiger partial charge in [0.15, 0.2) is 5.96 Å². The first-order chi connectivity index (χ1) is 11.2. The number of hydrogen-bond acceptors (Lipinski definition) is 4. The lowest BCUT2D eigenvalue weighted by atomic mass is 10.1. The Balaban J connectivity index is 0.00000208. The summed E-state index contributed by atoms with van der Waals surface area (Å²) < 4.78 is 8.84. The molecule has 1 N–H and O–H groups in total. The number of nitrogens with one attached hydrogen (secondary N) is 1. The van der Waals surface area contributed by atoms with Crippen LogP contribution in [0, 0.1) is 0 Å². The van der Waals surface area contributed by atoms with Gasteiger partial charge in [-0.2, -0.15) is 5.10 Å². The molecule has 2 aromatic rings. The summed E-state index contributed by atoms with van der Waals surface area (Å²) in [5.74, 6) is 0.907. The number of guanidine groups is 1. The van der Waals surface area contributed by atoms with Gasteiger partial charge in [0.2, 0.25) is 0 Å². The fourth-order valence-corrected chi connectivity index (χ4v) is 3.81. The van der Waals surface area contributed by atoms with Gasteiger partial charge in [-0.3, -0.25) is 9.67 Å². The number of hydrogen-bond donors (Lipinski definition) is 1. The van der Waals surface area contributed by atoms with Gasteiger partial charge in [0.1, 0.15) is 6.10 Å². The minimum absolute atomic E-state index is 0. The molecule has 0 spiro atoms. The molecule has 0 saturated carbocycles. The number of aryl methyl sites for hydroxylation is 1. The van der Waals surface area contributed by atoms with Crippen molar-refractivity contribution in [3.8, 4) is 0 Å². The van der Waals surface area contributed by atoms with E-state index in [1.165, 1.54) is 5.56 Å². The summed E-state index contributed by atoms with van der Waals surface area (Å²) in [5.41, 5.74) is 2.36. The van der Waals surface area contributed by atoms with Crippen molar-refractivity contribution in [2.45, 2.75) is 12.6 Å². The molecule has 0 aromatic carbocycles. The molecule has 1 aliphatic rings. The maximum atomic E-state index is 5.89. The Hall–Kier alpha value is -0.650. The number of aliphatic imine (C=N–C) groups is 1. The smallest absolute Gasteiger partial charge is 0.194 e. The summed E-state index contributed by atoms with van der Waals surface area (Å²) in [6.45, 7) is 3.07. The van der Waals surface area contributed by atoms with Crippen LogP contribution in [0.4, 0.5) is 0 Å². The van der Waals surface area contributed by atoms with E-state index in [1.54, 1.807) is 16.0 Å². The van der Waals surface area contributed by atoms with Crippen molar-refractivity contribution in [2.75, 3.05) is 26.7 Å². The van der Waals surface area contributed by atoms with Gasteiger partial charge in [-0.25, -0.2) is 0 Å². The molecule has 3 heterocycles. The fourth-order valence-electron chi connectivity index (χ4n) is 2.60. The molecule has 1 aliphatic heterocycles. The first kappa shape index (κ1) is 19.7. The highest BCUT2D eigenvalue weighted by Crippen LogP contribution is 2.22. The summed E-state index contributed by atoms with van der Waals surface area (Å²) in [7, 11) is 3.74. The lowest BCUT2D eigenvalue weighted by Crippen LogP contribution is -2.47. The second kappa shape index (κ2) is 9.16. The third kappa shape index (κ3) is 4.93. The van der Waals surface area contributed by atoms with Crippen molar-refractivity contribution in [1.29, 1.82) is 0 Å². The quantitative estimate of drug-likeness (QED) is 0.380. The first-order valence-corrected chi connectivity index (χ1v) is 9.11. The van der Waals surface area contributed by atoms with E-state index in [0.717, 1.165) is 34.9 Å². The zero-order valence-electron chi connectivity index (χ0n) is 13.6. The van der Waals surface area contributed by atoms with Crippen LogP contribution in [0.2, 0.25) is 0 Å². The molecule has 3 rings (SSSR count). The van der Waals surface area contributed by atoms with Gasteiger partial charge in [0.05, 0.1) is 23.1 Å². The average molecular weight is 526 g/mol. The number of morpholine rings is 1. The van der Waals surface area contributed by atoms with Crippen LogP contribution in [0.5, 0.6) is 0 Å². The van der Waals surface area contributed by atoms with Crippen LogP contribution < -0.4 is 5.32 Å². The third-order valence-corrected chi connectivity index (χ3v) is 5.30. The standard InChI is InChI=1S/C15H20BrN5OS.HI/c1-17-15(18-6-11-5-14(16)23-10-11)21-3-4-22-13(9-21)12-7-19-20(2)8-12;/h5,7-8,10,13H,3-4,6,9H2,1-2H3,(H,17,18);1H. The van der Waals surface area contributed by atoms with E-state index in [-0.39, 0.29) is 30.1 Å². The van der Waals surface area contributed by atoms with Crippen LogP contribution >= 0.6 is 51.2 Å². The normalized spacial score (nSPS) is 18.4. The Labute approximate surface area is 171 Å². The molecule has 24 heavy (non-hydrogen) atoms. The van der Waals surface area contributed by atoms with Gasteiger partial charge in [-0.1, -0.05) is 0 Å². The fraction of sp³-hybridized carbons (Fsp3) is 0.467. The molecule has 1 fully saturated rings. The Bertz CT molecular complexity index is 689. The van der Waals surface area contributed by atoms with E-state index in [2.05, 4.69) is 47.7 Å². The monoisotopic (exact) mass is 525 g/mol. The van der Waals surface area contributed by atoms with Gasteiger partial charge in [-0.15, -0.1) is 35.3 Å². The average Bonchev–Trinajstić information content (AvgIpc) is 3.17. The molecule has 6 nitrogen and oxygen atoms in total. The lowest BCUT2D eigenvalue weighted by molar-refractivity contribution is -0.00805. The minimum Gasteiger partial charge on any atom is -0.370 e. The van der Waals surface area contributed by atoms with E-state index in [1.807, 2.05) is 26.5 Å². The van der Waals surface area contributed by atoms with E-state index in [9.17, 15) is 0 Å². The molecular weight excluding hydrogens is 505 g/mol. The summed E-state index contributed by atoms with van der Waals surface area (Å²) in [4.78, 5) is 6.65. The lowest BCUT2D eigenvalue weighted by Gasteiger charge is -2.34. The van der Waals surface area contributed by atoms with Gasteiger partial charge in [0, 0.05) is 38.9 Å². The van der Waals surface area contributed by atoms with Crippen molar-refractivity contribution in [3.63, 3.8) is 0 Å². The molecule has 0 bridgehead atoms. The molecule has 132 valence electrons. The third-order valence-electron chi connectivity index (χ3n) is 3.75. The maximum Gasteiger partial charge on any atom is 0.194 e. The molecule has 0 amide bonds. The summed E-state index contributed by atoms with van der Waals surface area (Å²) in [6, 6.07) is 2.13. The Morgan fingerprint density at radius 1 is 1.58 bits per heavy atom. The first-order valence-electron chi connectivity index (χ1n) is 7.44. The van der Waals surface area contributed by atoms with Crippen molar-refractivity contribution in [3.05, 3.63) is 38.8 Å². The molecule has 9 heteroatoms. The topological polar surface area (TPSA) is 54.7 Å². The maximum absolute atomic E-state index is 5.89. The summed E-state index contributed by atoms with van der Waals surface area (Å²) in [5, 5.41) is 9.80. The van der Waals surface area contributed by atoms with Crippen molar-refractivity contribution in [2.24, 2.45) is 12.0 Å². The van der Waals surface area contributed by atoms with Crippen LogP contribution in [0.25, 0.3) is 0 Å². The van der Waals surface area contributed by atoms with E-state index < -0.39 is 0 Å². The van der Waals surface area contributed by atoms with Crippen molar-refractivity contribution < 1.29 is 4.74 Å². The highest BCUT2D eigenvalue weighted by atomic mass is 127. The van der Waals surface area contributed by atoms with E-state index in [4.69, 9.17) is 4.74 Å². The van der Waals surface area contributed by atoms with Crippen LogP contribution in [0.15, 0.2) is 32.6 Å². The molecule has 1 saturated heterocycles. The predicted octanol–water partition coefficient (Wildman–Crippen LogP) is 3.01. The molecule has 1 unspecified atom stereocenters. The number of halogens is 2. The molecule has 0 radical (unpaired) electrons. The second-order valence-electron chi connectivity index (χ2n) is 5.41. The van der Waals surface area contributed by atoms with E-state index >= 15 is 0 Å². The Morgan fingerprint density at radius 2 is 2.42 bits per heavy atom. The molecule has 1 atom stereocenters. The summed E-state index contributed by atoms with van der Waals surface area (Å²) in [6.07, 6.45) is 3.91. The van der Waals surface area contributed by atoms with Gasteiger partial charge >= 0.3 is 0 Å². The number of nitrogens with zero attached hydrogens (tertiary/aromatic N) is 4. The Morgan fingerprint density at radius 3 is 3.04 bits per heavy atom. The minimum atomic E-state index is 0. The summed E-state index contributed by atoms with van der Waals surface area (Å²) >= 11 is 5.19. The number of ether oxygens (including phenoxy) is 1. The van der Waals surface area contributed by atoms with Crippen LogP contribution in [0.1, 0.15) is 17.2 Å². The number of rotatable bonds is 3. The predicted molar refractivity (Wildman–Crippen MR) is 111 cm³/mol. The van der Waals surface area contributed by atoms with Gasteiger partial charge < -0.3 is 15.0 Å². The molecular formula is C15H21BrIN5OS. The second-order valence-corrected chi connectivity index (χ2v) is 7.70. The van der Waals surface area contributed by atoms with Gasteiger partial charge in [0.25, 0.3) is 0 Å².